The van der Waals surface area contributed by atoms with E-state index >= 15 is 0 Å². The third-order valence-electron chi connectivity index (χ3n) is 4.33. The average molecular weight is 234 g/mol. The zero-order valence-electron chi connectivity index (χ0n) is 10.3. The molecule has 17 heavy (non-hydrogen) atoms. The molecule has 2 fully saturated rings. The molecule has 1 aliphatic heterocycles. The number of fused-ring (bicyclic) bond motifs is 5. The summed E-state index contributed by atoms with van der Waals surface area (Å²) in [7, 11) is 3.91. The fourth-order valence-electron chi connectivity index (χ4n) is 3.48. The molecule has 92 valence electrons. The van der Waals surface area contributed by atoms with Gasteiger partial charge >= 0.3 is 0 Å². The lowest BCUT2D eigenvalue weighted by Gasteiger charge is -2.19. The molecule has 1 saturated heterocycles. The highest BCUT2D eigenvalue weighted by Gasteiger charge is 2.58. The molecule has 0 aromatic heterocycles. The predicted octanol–water partition coefficient (Wildman–Crippen LogP) is 0.355. The summed E-state index contributed by atoms with van der Waals surface area (Å²) < 4.78 is 0. The van der Waals surface area contributed by atoms with Gasteiger partial charge in [0.2, 0.25) is 11.8 Å². The van der Waals surface area contributed by atoms with Gasteiger partial charge in [-0.1, -0.05) is 12.2 Å². The largest absolute Gasteiger partial charge is 0.308 e. The van der Waals surface area contributed by atoms with Gasteiger partial charge in [0.25, 0.3) is 0 Å². The second-order valence-corrected chi connectivity index (χ2v) is 5.63. The van der Waals surface area contributed by atoms with Gasteiger partial charge in [0.1, 0.15) is 0 Å². The standard InChI is InChI=1S/C13H18N2O2/c1-14(2)5-6-15-12(16)10-8-3-4-9(7-8)11(10)13(15)17/h3-4,8-11H,5-7H2,1-2H3/t8-,9+,10-,11+. The van der Waals surface area contributed by atoms with Gasteiger partial charge in [-0.25, -0.2) is 0 Å². The van der Waals surface area contributed by atoms with Crippen LogP contribution in [0, 0.1) is 23.7 Å². The number of likely N-dealkylation sites (tertiary alicyclic amines) is 1. The van der Waals surface area contributed by atoms with Gasteiger partial charge in [-0.05, 0) is 32.4 Å². The minimum atomic E-state index is -0.0420. The third-order valence-corrected chi connectivity index (χ3v) is 4.33. The number of hydrogen-bond donors (Lipinski definition) is 0. The smallest absolute Gasteiger partial charge is 0.233 e. The number of imide groups is 1. The highest BCUT2D eigenvalue weighted by molar-refractivity contribution is 6.06. The van der Waals surface area contributed by atoms with Crippen molar-refractivity contribution in [1.29, 1.82) is 0 Å². The van der Waals surface area contributed by atoms with Crippen LogP contribution in [-0.2, 0) is 9.59 Å². The first-order chi connectivity index (χ1) is 8.09. The zero-order chi connectivity index (χ0) is 12.2. The molecule has 3 aliphatic rings. The van der Waals surface area contributed by atoms with Crippen molar-refractivity contribution in [3.8, 4) is 0 Å². The predicted molar refractivity (Wildman–Crippen MR) is 63.0 cm³/mol. The first kappa shape index (κ1) is 11.0. The number of rotatable bonds is 3. The Bertz CT molecular complexity index is 372. The molecule has 2 bridgehead atoms. The Morgan fingerprint density at radius 1 is 1.18 bits per heavy atom. The van der Waals surface area contributed by atoms with E-state index in [-0.39, 0.29) is 23.7 Å². The molecule has 4 atom stereocenters. The first-order valence-corrected chi connectivity index (χ1v) is 6.28. The summed E-state index contributed by atoms with van der Waals surface area (Å²) in [5.74, 6) is 0.702. The van der Waals surface area contributed by atoms with Crippen LogP contribution in [0.4, 0.5) is 0 Å². The Morgan fingerprint density at radius 2 is 1.71 bits per heavy atom. The minimum absolute atomic E-state index is 0.0420. The third kappa shape index (κ3) is 1.47. The van der Waals surface area contributed by atoms with Crippen LogP contribution >= 0.6 is 0 Å². The molecule has 0 aromatic carbocycles. The van der Waals surface area contributed by atoms with E-state index in [0.29, 0.717) is 18.4 Å². The van der Waals surface area contributed by atoms with Crippen molar-refractivity contribution in [1.82, 2.24) is 9.80 Å². The molecule has 2 amide bonds. The van der Waals surface area contributed by atoms with E-state index in [0.717, 1.165) is 13.0 Å². The number of likely N-dealkylation sites (N-methyl/N-ethyl adjacent to an activating group) is 1. The number of carbonyl (C=O) groups is 2. The summed E-state index contributed by atoms with van der Waals surface area (Å²) in [5.41, 5.74) is 0. The maximum Gasteiger partial charge on any atom is 0.233 e. The van der Waals surface area contributed by atoms with Crippen molar-refractivity contribution >= 4 is 11.8 Å². The van der Waals surface area contributed by atoms with Gasteiger partial charge in [0.15, 0.2) is 0 Å². The molecule has 2 aliphatic carbocycles. The van der Waals surface area contributed by atoms with Gasteiger partial charge in [-0.15, -0.1) is 0 Å². The van der Waals surface area contributed by atoms with Crippen LogP contribution in [0.5, 0.6) is 0 Å². The molecule has 0 spiro atoms. The van der Waals surface area contributed by atoms with Gasteiger partial charge < -0.3 is 4.90 Å². The lowest BCUT2D eigenvalue weighted by molar-refractivity contribution is -0.140. The number of nitrogens with zero attached hydrogens (tertiary/aromatic N) is 2. The van der Waals surface area contributed by atoms with E-state index in [1.807, 2.05) is 19.0 Å². The Kier molecular flexibility index (Phi) is 2.36. The van der Waals surface area contributed by atoms with Crippen LogP contribution in [-0.4, -0.2) is 48.8 Å². The van der Waals surface area contributed by atoms with Crippen molar-refractivity contribution in [2.24, 2.45) is 23.7 Å². The van der Waals surface area contributed by atoms with Crippen LogP contribution < -0.4 is 0 Å². The lowest BCUT2D eigenvalue weighted by atomic mass is 9.85. The van der Waals surface area contributed by atoms with E-state index in [2.05, 4.69) is 12.2 Å². The van der Waals surface area contributed by atoms with Crippen LogP contribution in [0.25, 0.3) is 0 Å². The fraction of sp³-hybridized carbons (Fsp3) is 0.692. The first-order valence-electron chi connectivity index (χ1n) is 6.28. The van der Waals surface area contributed by atoms with Crippen molar-refractivity contribution in [3.63, 3.8) is 0 Å². The van der Waals surface area contributed by atoms with E-state index in [4.69, 9.17) is 0 Å². The monoisotopic (exact) mass is 234 g/mol. The maximum absolute atomic E-state index is 12.3. The van der Waals surface area contributed by atoms with E-state index < -0.39 is 0 Å². The number of carbonyl (C=O) groups excluding carboxylic acids is 2. The Labute approximate surface area is 101 Å². The molecule has 3 rings (SSSR count). The van der Waals surface area contributed by atoms with E-state index in [1.165, 1.54) is 4.90 Å². The topological polar surface area (TPSA) is 40.6 Å². The summed E-state index contributed by atoms with van der Waals surface area (Å²) in [6.45, 7) is 1.29. The Morgan fingerprint density at radius 3 is 2.18 bits per heavy atom. The zero-order valence-corrected chi connectivity index (χ0v) is 10.3. The molecule has 0 radical (unpaired) electrons. The van der Waals surface area contributed by atoms with Crippen molar-refractivity contribution in [3.05, 3.63) is 12.2 Å². The highest BCUT2D eigenvalue weighted by atomic mass is 16.2. The van der Waals surface area contributed by atoms with Gasteiger partial charge in [0.05, 0.1) is 11.8 Å². The van der Waals surface area contributed by atoms with Crippen LogP contribution in [0.1, 0.15) is 6.42 Å². The summed E-state index contributed by atoms with van der Waals surface area (Å²) >= 11 is 0. The van der Waals surface area contributed by atoms with Crippen LogP contribution in [0.2, 0.25) is 0 Å². The van der Waals surface area contributed by atoms with Crippen molar-refractivity contribution in [2.45, 2.75) is 6.42 Å². The average Bonchev–Trinajstić information content (AvgIpc) is 2.92. The van der Waals surface area contributed by atoms with Crippen molar-refractivity contribution < 1.29 is 9.59 Å². The second kappa shape index (κ2) is 3.67. The molecular weight excluding hydrogens is 216 g/mol. The molecule has 1 heterocycles. The molecule has 1 saturated carbocycles. The molecule has 0 N–H and O–H groups in total. The summed E-state index contributed by atoms with van der Waals surface area (Å²) in [4.78, 5) is 28.0. The van der Waals surface area contributed by atoms with Crippen LogP contribution in [0.3, 0.4) is 0 Å². The van der Waals surface area contributed by atoms with Crippen molar-refractivity contribution in [2.75, 3.05) is 27.2 Å². The normalized spacial score (nSPS) is 38.6. The van der Waals surface area contributed by atoms with E-state index in [9.17, 15) is 9.59 Å². The van der Waals surface area contributed by atoms with Gasteiger partial charge in [-0.2, -0.15) is 0 Å². The number of allylic oxidation sites excluding steroid dienone is 2. The lowest BCUT2D eigenvalue weighted by Crippen LogP contribution is -2.38. The summed E-state index contributed by atoms with van der Waals surface area (Å²) in [6, 6.07) is 0. The Balaban J connectivity index is 1.78. The summed E-state index contributed by atoms with van der Waals surface area (Å²) in [6.07, 6.45) is 5.27. The quantitative estimate of drug-likeness (QED) is 0.523. The highest BCUT2D eigenvalue weighted by Crippen LogP contribution is 2.52. The Hall–Kier alpha value is -1.16. The molecular formula is C13H18N2O2. The molecule has 4 nitrogen and oxygen atoms in total. The van der Waals surface area contributed by atoms with Gasteiger partial charge in [0, 0.05) is 13.1 Å². The minimum Gasteiger partial charge on any atom is -0.308 e. The summed E-state index contributed by atoms with van der Waals surface area (Å²) in [5, 5.41) is 0. The van der Waals surface area contributed by atoms with E-state index in [1.54, 1.807) is 0 Å². The molecule has 4 heteroatoms. The maximum atomic E-state index is 12.3. The second-order valence-electron chi connectivity index (χ2n) is 5.63. The fourth-order valence-corrected chi connectivity index (χ4v) is 3.48. The number of hydrogen-bond acceptors (Lipinski definition) is 3. The number of amides is 2. The SMILES string of the molecule is CN(C)CCN1C(=O)[C@@H]2[C@H](C1=O)[C@@H]1C=C[C@H]2C1. The van der Waals surface area contributed by atoms with Crippen LogP contribution in [0.15, 0.2) is 12.2 Å². The van der Waals surface area contributed by atoms with Gasteiger partial charge in [-0.3, -0.25) is 14.5 Å². The molecule has 0 unspecified atom stereocenters. The molecule has 0 aromatic rings.